The van der Waals surface area contributed by atoms with Crippen LogP contribution in [0.4, 0.5) is 8.78 Å². The Balaban J connectivity index is 1.71. The second-order valence-corrected chi connectivity index (χ2v) is 9.05. The summed E-state index contributed by atoms with van der Waals surface area (Å²) in [4.78, 5) is 12.5. The fourth-order valence-corrected chi connectivity index (χ4v) is 4.57. The molecule has 0 saturated carbocycles. The van der Waals surface area contributed by atoms with Crippen LogP contribution in [0.2, 0.25) is 0 Å². The molecule has 3 N–H and O–H groups in total. The fraction of sp³-hybridized carbons (Fsp3) is 0.464. The standard InChI is InChI=1S/C28H36F2N2O2/c1-3-5-6-10-28(34)32-26(16-20-13-22(29)17-23(30)14-20)27(33)18-31-25-9-7-8-21-12-11-19(4-2)15-24(21)25/h5-6,11-15,17,25-27,31,33H,3-4,7-10,16,18H2,1-2H3,(H,32,34)/t25-,26-,27+/m0/s1. The van der Waals surface area contributed by atoms with Crippen LogP contribution in [0.25, 0.3) is 0 Å². The van der Waals surface area contributed by atoms with Crippen LogP contribution >= 0.6 is 0 Å². The smallest absolute Gasteiger partial charge is 0.224 e. The van der Waals surface area contributed by atoms with Crippen LogP contribution in [0.15, 0.2) is 48.6 Å². The van der Waals surface area contributed by atoms with Crippen molar-refractivity contribution in [1.82, 2.24) is 10.6 Å². The Bertz CT molecular complexity index is 972. The number of aliphatic hydroxyl groups is 1. The summed E-state index contributed by atoms with van der Waals surface area (Å²) in [6.07, 6.45) is 7.96. The van der Waals surface area contributed by atoms with Gasteiger partial charge in [-0.25, -0.2) is 8.78 Å². The highest BCUT2D eigenvalue weighted by Gasteiger charge is 2.25. The number of hydrogen-bond acceptors (Lipinski definition) is 3. The number of carbonyl (C=O) groups is 1. The van der Waals surface area contributed by atoms with E-state index in [9.17, 15) is 18.7 Å². The molecule has 1 aliphatic rings. The van der Waals surface area contributed by atoms with E-state index in [0.717, 1.165) is 38.2 Å². The molecule has 0 unspecified atom stereocenters. The maximum Gasteiger partial charge on any atom is 0.224 e. The minimum atomic E-state index is -0.926. The van der Waals surface area contributed by atoms with Crippen molar-refractivity contribution in [2.45, 2.75) is 77.0 Å². The van der Waals surface area contributed by atoms with E-state index in [2.05, 4.69) is 35.8 Å². The van der Waals surface area contributed by atoms with E-state index in [1.807, 2.05) is 13.0 Å². The first-order valence-electron chi connectivity index (χ1n) is 12.3. The molecule has 4 nitrogen and oxygen atoms in total. The molecule has 2 aromatic carbocycles. The van der Waals surface area contributed by atoms with Crippen molar-refractivity contribution in [2.24, 2.45) is 0 Å². The third kappa shape index (κ3) is 7.47. The van der Waals surface area contributed by atoms with Crippen LogP contribution in [-0.2, 0) is 24.1 Å². The largest absolute Gasteiger partial charge is 0.390 e. The Morgan fingerprint density at radius 3 is 2.59 bits per heavy atom. The lowest BCUT2D eigenvalue weighted by Crippen LogP contribution is -2.49. The second kappa shape index (κ2) is 12.8. The van der Waals surface area contributed by atoms with Crippen molar-refractivity contribution < 1.29 is 18.7 Å². The Morgan fingerprint density at radius 1 is 1.12 bits per heavy atom. The summed E-state index contributed by atoms with van der Waals surface area (Å²) >= 11 is 0. The van der Waals surface area contributed by atoms with Crippen molar-refractivity contribution in [3.63, 3.8) is 0 Å². The minimum absolute atomic E-state index is 0.125. The number of benzene rings is 2. The maximum atomic E-state index is 13.7. The number of hydrogen-bond donors (Lipinski definition) is 3. The van der Waals surface area contributed by atoms with Crippen molar-refractivity contribution in [3.05, 3.63) is 82.4 Å². The summed E-state index contributed by atoms with van der Waals surface area (Å²) in [5.74, 6) is -1.59. The molecule has 0 aromatic heterocycles. The zero-order chi connectivity index (χ0) is 24.5. The zero-order valence-electron chi connectivity index (χ0n) is 20.1. The Labute approximate surface area is 201 Å². The van der Waals surface area contributed by atoms with E-state index in [4.69, 9.17) is 0 Å². The summed E-state index contributed by atoms with van der Waals surface area (Å²) in [7, 11) is 0. The predicted octanol–water partition coefficient (Wildman–Crippen LogP) is 4.94. The lowest BCUT2D eigenvalue weighted by molar-refractivity contribution is -0.121. The van der Waals surface area contributed by atoms with Crippen LogP contribution in [-0.4, -0.2) is 29.7 Å². The highest BCUT2D eigenvalue weighted by Crippen LogP contribution is 2.30. The number of aliphatic hydroxyl groups excluding tert-OH is 1. The van der Waals surface area contributed by atoms with Gasteiger partial charge in [-0.2, -0.15) is 0 Å². The number of carbonyl (C=O) groups excluding carboxylic acids is 1. The molecule has 0 heterocycles. The summed E-state index contributed by atoms with van der Waals surface area (Å²) in [6.45, 7) is 4.38. The quantitative estimate of drug-likeness (QED) is 0.408. The first kappa shape index (κ1) is 26.0. The molecule has 184 valence electrons. The van der Waals surface area contributed by atoms with Gasteiger partial charge in [0, 0.05) is 25.1 Å². The molecule has 3 atom stereocenters. The molecule has 1 aliphatic carbocycles. The molecule has 0 fully saturated rings. The topological polar surface area (TPSA) is 61.4 Å². The minimum Gasteiger partial charge on any atom is -0.390 e. The van der Waals surface area contributed by atoms with Crippen LogP contribution < -0.4 is 10.6 Å². The lowest BCUT2D eigenvalue weighted by atomic mass is 9.86. The van der Waals surface area contributed by atoms with Crippen molar-refractivity contribution >= 4 is 5.91 Å². The monoisotopic (exact) mass is 470 g/mol. The van der Waals surface area contributed by atoms with E-state index < -0.39 is 23.8 Å². The lowest BCUT2D eigenvalue weighted by Gasteiger charge is -2.30. The molecule has 0 bridgehead atoms. The zero-order valence-corrected chi connectivity index (χ0v) is 20.1. The molecule has 6 heteroatoms. The van der Waals surface area contributed by atoms with E-state index in [0.29, 0.717) is 5.56 Å². The maximum absolute atomic E-state index is 13.7. The third-order valence-electron chi connectivity index (χ3n) is 6.40. The van der Waals surface area contributed by atoms with Gasteiger partial charge in [-0.3, -0.25) is 4.79 Å². The van der Waals surface area contributed by atoms with E-state index in [-0.39, 0.29) is 31.3 Å². The number of halogens is 2. The number of nitrogens with one attached hydrogen (secondary N) is 2. The Morgan fingerprint density at radius 2 is 1.88 bits per heavy atom. The first-order valence-corrected chi connectivity index (χ1v) is 12.3. The van der Waals surface area contributed by atoms with Gasteiger partial charge in [0.05, 0.1) is 12.1 Å². The highest BCUT2D eigenvalue weighted by molar-refractivity contribution is 5.77. The fourth-order valence-electron chi connectivity index (χ4n) is 4.57. The van der Waals surface area contributed by atoms with Crippen molar-refractivity contribution in [2.75, 3.05) is 6.54 Å². The van der Waals surface area contributed by atoms with Gasteiger partial charge in [0.25, 0.3) is 0 Å². The molecule has 34 heavy (non-hydrogen) atoms. The van der Waals surface area contributed by atoms with Crippen LogP contribution in [0.1, 0.15) is 67.8 Å². The summed E-state index contributed by atoms with van der Waals surface area (Å²) < 4.78 is 27.5. The number of rotatable bonds is 11. The van der Waals surface area contributed by atoms with E-state index in [1.54, 1.807) is 6.08 Å². The van der Waals surface area contributed by atoms with Crippen LogP contribution in [0.5, 0.6) is 0 Å². The number of allylic oxidation sites excluding steroid dienone is 1. The normalized spacial score (nSPS) is 17.4. The average molecular weight is 471 g/mol. The molecular formula is C28H36F2N2O2. The SMILES string of the molecule is CCC=CCC(=O)N[C@@H](Cc1cc(F)cc(F)c1)[C@H](O)CN[C@H]1CCCc2ccc(CC)cc21. The third-order valence-corrected chi connectivity index (χ3v) is 6.40. The van der Waals surface area contributed by atoms with E-state index >= 15 is 0 Å². The van der Waals surface area contributed by atoms with Crippen molar-refractivity contribution in [1.29, 1.82) is 0 Å². The number of amides is 1. The molecule has 3 rings (SSSR count). The Kier molecular flexibility index (Phi) is 9.78. The molecule has 2 aromatic rings. The van der Waals surface area contributed by atoms with Gasteiger partial charge >= 0.3 is 0 Å². The Hall–Kier alpha value is -2.57. The summed E-state index contributed by atoms with van der Waals surface area (Å²) in [5, 5.41) is 17.4. The summed E-state index contributed by atoms with van der Waals surface area (Å²) in [6, 6.07) is 9.35. The molecule has 0 aliphatic heterocycles. The molecule has 1 amide bonds. The van der Waals surface area contributed by atoms with E-state index in [1.165, 1.54) is 28.8 Å². The van der Waals surface area contributed by atoms with Crippen LogP contribution in [0, 0.1) is 11.6 Å². The van der Waals surface area contributed by atoms with Gasteiger partial charge in [0.1, 0.15) is 11.6 Å². The molecule has 0 spiro atoms. The van der Waals surface area contributed by atoms with Gasteiger partial charge < -0.3 is 15.7 Å². The average Bonchev–Trinajstić information content (AvgIpc) is 2.81. The summed E-state index contributed by atoms with van der Waals surface area (Å²) in [5.41, 5.74) is 4.28. The molecular weight excluding hydrogens is 434 g/mol. The number of aryl methyl sites for hydroxylation is 2. The predicted molar refractivity (Wildman–Crippen MR) is 132 cm³/mol. The van der Waals surface area contributed by atoms with Crippen LogP contribution in [0.3, 0.4) is 0 Å². The van der Waals surface area contributed by atoms with Gasteiger partial charge in [-0.15, -0.1) is 0 Å². The number of fused-ring (bicyclic) bond motifs is 1. The van der Waals surface area contributed by atoms with Gasteiger partial charge in [-0.1, -0.05) is 44.2 Å². The van der Waals surface area contributed by atoms with Crippen molar-refractivity contribution in [3.8, 4) is 0 Å². The van der Waals surface area contributed by atoms with Gasteiger partial charge in [-0.05, 0) is 72.9 Å². The molecule has 0 saturated heterocycles. The molecule has 0 radical (unpaired) electrons. The first-order chi connectivity index (χ1) is 16.4. The second-order valence-electron chi connectivity index (χ2n) is 9.05. The van der Waals surface area contributed by atoms with Gasteiger partial charge in [0.15, 0.2) is 0 Å². The highest BCUT2D eigenvalue weighted by atomic mass is 19.1. The van der Waals surface area contributed by atoms with Gasteiger partial charge in [0.2, 0.25) is 5.91 Å².